The molecule has 0 aromatic heterocycles. The fourth-order valence-electron chi connectivity index (χ4n) is 2.49. The van der Waals surface area contributed by atoms with Gasteiger partial charge in [0.25, 0.3) is 0 Å². The molecule has 0 spiro atoms. The van der Waals surface area contributed by atoms with Crippen molar-refractivity contribution in [2.24, 2.45) is 0 Å². The first-order valence-electron chi connectivity index (χ1n) is 7.60. The van der Waals surface area contributed by atoms with Crippen molar-refractivity contribution >= 4 is 11.9 Å². The first-order valence-corrected chi connectivity index (χ1v) is 7.60. The molecule has 0 radical (unpaired) electrons. The molecule has 11 heteroatoms. The third kappa shape index (κ3) is 4.56. The van der Waals surface area contributed by atoms with Crippen LogP contribution in [0.5, 0.6) is 0 Å². The van der Waals surface area contributed by atoms with Gasteiger partial charge in [0.1, 0.15) is 18.3 Å². The van der Waals surface area contributed by atoms with E-state index in [9.17, 15) is 33.0 Å². The molecule has 0 bridgehead atoms. The summed E-state index contributed by atoms with van der Waals surface area (Å²) in [6.45, 7) is 0. The van der Waals surface area contributed by atoms with Crippen LogP contribution in [-0.2, 0) is 29.9 Å². The summed E-state index contributed by atoms with van der Waals surface area (Å²) in [5, 5.41) is 19.8. The van der Waals surface area contributed by atoms with Crippen LogP contribution in [0.3, 0.4) is 0 Å². The smallest absolute Gasteiger partial charge is 0.416 e. The predicted molar refractivity (Wildman–Crippen MR) is 80.3 cm³/mol. The minimum absolute atomic E-state index is 0.477. The van der Waals surface area contributed by atoms with Gasteiger partial charge in [-0.15, -0.1) is 0 Å². The number of carbonyl (C=O) groups is 2. The average molecular weight is 394 g/mol. The van der Waals surface area contributed by atoms with Gasteiger partial charge in [-0.3, -0.25) is 0 Å². The van der Waals surface area contributed by atoms with E-state index < -0.39 is 59.9 Å². The van der Waals surface area contributed by atoms with E-state index in [0.29, 0.717) is 6.07 Å². The summed E-state index contributed by atoms with van der Waals surface area (Å²) < 4.78 is 57.7. The first kappa shape index (κ1) is 21.1. The van der Waals surface area contributed by atoms with Crippen LogP contribution in [-0.4, -0.2) is 67.1 Å². The number of carbonyl (C=O) groups excluding carboxylic acids is 2. The van der Waals surface area contributed by atoms with Crippen molar-refractivity contribution in [1.29, 1.82) is 0 Å². The Morgan fingerprint density at radius 1 is 1.19 bits per heavy atom. The Balaban J connectivity index is 2.24. The lowest BCUT2D eigenvalue weighted by molar-refractivity contribution is -0.180. The third-order valence-electron chi connectivity index (χ3n) is 3.88. The molecule has 1 aromatic carbocycles. The highest BCUT2D eigenvalue weighted by Crippen LogP contribution is 2.30. The van der Waals surface area contributed by atoms with Crippen LogP contribution in [0.25, 0.3) is 0 Å². The molecule has 2 rings (SSSR count). The molecule has 0 unspecified atom stereocenters. The quantitative estimate of drug-likeness (QED) is 0.695. The van der Waals surface area contributed by atoms with Crippen LogP contribution in [0, 0.1) is 0 Å². The number of aliphatic hydroxyl groups excluding tert-OH is 2. The van der Waals surface area contributed by atoms with Crippen molar-refractivity contribution in [1.82, 2.24) is 0 Å². The topological polar surface area (TPSA) is 112 Å². The molecule has 5 atom stereocenters. The number of aliphatic hydroxyl groups is 2. The van der Waals surface area contributed by atoms with Crippen LogP contribution in [0.1, 0.15) is 15.9 Å². The zero-order valence-electron chi connectivity index (χ0n) is 14.2. The molecule has 0 amide bonds. The molecule has 27 heavy (non-hydrogen) atoms. The number of esters is 2. The van der Waals surface area contributed by atoms with Gasteiger partial charge in [-0.25, -0.2) is 9.59 Å². The van der Waals surface area contributed by atoms with E-state index in [4.69, 9.17) is 14.2 Å². The van der Waals surface area contributed by atoms with E-state index in [1.807, 2.05) is 0 Å². The largest absolute Gasteiger partial charge is 0.466 e. The maximum atomic E-state index is 12.8. The van der Waals surface area contributed by atoms with Gasteiger partial charge in [-0.2, -0.15) is 13.2 Å². The first-order chi connectivity index (χ1) is 12.6. The zero-order chi connectivity index (χ0) is 20.4. The second-order valence-corrected chi connectivity index (χ2v) is 5.61. The fourth-order valence-corrected chi connectivity index (χ4v) is 2.49. The van der Waals surface area contributed by atoms with Crippen molar-refractivity contribution in [3.8, 4) is 0 Å². The zero-order valence-corrected chi connectivity index (χ0v) is 14.2. The second-order valence-electron chi connectivity index (χ2n) is 5.61. The van der Waals surface area contributed by atoms with Gasteiger partial charge in [0.15, 0.2) is 6.29 Å². The van der Waals surface area contributed by atoms with Gasteiger partial charge in [-0.05, 0) is 18.2 Å². The summed E-state index contributed by atoms with van der Waals surface area (Å²) in [7, 11) is 2.14. The van der Waals surface area contributed by atoms with Crippen molar-refractivity contribution in [3.05, 3.63) is 35.4 Å². The minimum atomic E-state index is -4.68. The molecule has 1 heterocycles. The molecule has 1 aliphatic heterocycles. The molecule has 0 saturated carbocycles. The number of halogens is 3. The van der Waals surface area contributed by atoms with E-state index in [-0.39, 0.29) is 0 Å². The molecule has 1 saturated heterocycles. The summed E-state index contributed by atoms with van der Waals surface area (Å²) in [6.07, 6.45) is -12.6. The lowest BCUT2D eigenvalue weighted by Crippen LogP contribution is -2.46. The Bertz CT molecular complexity index is 692. The Labute approximate surface area is 151 Å². The maximum absolute atomic E-state index is 12.8. The number of methoxy groups -OCH3 is 2. The Kier molecular flexibility index (Phi) is 6.42. The molecule has 150 valence electrons. The van der Waals surface area contributed by atoms with E-state index in [1.54, 1.807) is 0 Å². The highest BCUT2D eigenvalue weighted by atomic mass is 19.4. The summed E-state index contributed by atoms with van der Waals surface area (Å²) >= 11 is 0. The predicted octanol–water partition coefficient (Wildman–Crippen LogP) is 0.497. The SMILES string of the molecule is COC(=O)[C@@H](OC(=O)c1cccc(C(F)(F)F)c1)[C@@H]1O[C@@H](OC)[C@H](O)[C@H]1O. The van der Waals surface area contributed by atoms with E-state index in [1.165, 1.54) is 7.11 Å². The number of hydrogen-bond donors (Lipinski definition) is 2. The number of benzene rings is 1. The normalized spacial score (nSPS) is 26.5. The van der Waals surface area contributed by atoms with Crippen molar-refractivity contribution in [2.45, 2.75) is 36.9 Å². The lowest BCUT2D eigenvalue weighted by atomic mass is 10.1. The average Bonchev–Trinajstić information content (AvgIpc) is 2.92. The number of alkyl halides is 3. The summed E-state index contributed by atoms with van der Waals surface area (Å²) in [5.41, 5.74) is -1.56. The van der Waals surface area contributed by atoms with Gasteiger partial charge in [0, 0.05) is 7.11 Å². The maximum Gasteiger partial charge on any atom is 0.416 e. The Morgan fingerprint density at radius 3 is 2.37 bits per heavy atom. The minimum Gasteiger partial charge on any atom is -0.466 e. The van der Waals surface area contributed by atoms with Crippen molar-refractivity contribution in [3.63, 3.8) is 0 Å². The van der Waals surface area contributed by atoms with Gasteiger partial charge in [-0.1, -0.05) is 6.07 Å². The van der Waals surface area contributed by atoms with Crippen LogP contribution in [0.4, 0.5) is 13.2 Å². The molecule has 1 aromatic rings. The molecular formula is C16H17F3O8. The summed E-state index contributed by atoms with van der Waals surface area (Å²) in [4.78, 5) is 24.2. The van der Waals surface area contributed by atoms with Gasteiger partial charge in [0.05, 0.1) is 18.2 Å². The standard InChI is InChI=1S/C16H17F3O8/c1-24-14(23)12(11-9(20)10(21)15(25-2)27-11)26-13(22)7-4-3-5-8(6-7)16(17,18)19/h3-6,9-12,15,20-21H,1-2H3/t9-,10-,11-,12+,15-/m1/s1. The lowest BCUT2D eigenvalue weighted by Gasteiger charge is -2.23. The number of hydrogen-bond acceptors (Lipinski definition) is 8. The number of ether oxygens (including phenoxy) is 4. The van der Waals surface area contributed by atoms with Crippen LogP contribution in [0.15, 0.2) is 24.3 Å². The fraction of sp³-hybridized carbons (Fsp3) is 0.500. The van der Waals surface area contributed by atoms with Gasteiger partial charge in [0.2, 0.25) is 6.10 Å². The molecule has 2 N–H and O–H groups in total. The highest BCUT2D eigenvalue weighted by Gasteiger charge is 2.51. The molecular weight excluding hydrogens is 377 g/mol. The van der Waals surface area contributed by atoms with Crippen molar-refractivity contribution < 1.29 is 51.9 Å². The number of rotatable bonds is 5. The summed E-state index contributed by atoms with van der Waals surface area (Å²) in [5.74, 6) is -2.41. The molecule has 1 fully saturated rings. The molecule has 1 aliphatic rings. The monoisotopic (exact) mass is 394 g/mol. The second kappa shape index (κ2) is 8.21. The van der Waals surface area contributed by atoms with Gasteiger partial charge < -0.3 is 29.2 Å². The van der Waals surface area contributed by atoms with Crippen molar-refractivity contribution in [2.75, 3.05) is 14.2 Å². The van der Waals surface area contributed by atoms with Gasteiger partial charge >= 0.3 is 18.1 Å². The van der Waals surface area contributed by atoms with Crippen LogP contribution in [0.2, 0.25) is 0 Å². The van der Waals surface area contributed by atoms with E-state index in [0.717, 1.165) is 25.3 Å². The molecule has 8 nitrogen and oxygen atoms in total. The van der Waals surface area contributed by atoms with Crippen LogP contribution < -0.4 is 0 Å². The van der Waals surface area contributed by atoms with Crippen LogP contribution >= 0.6 is 0 Å². The van der Waals surface area contributed by atoms with E-state index in [2.05, 4.69) is 4.74 Å². The Morgan fingerprint density at radius 2 is 1.85 bits per heavy atom. The highest BCUT2D eigenvalue weighted by molar-refractivity contribution is 5.91. The van der Waals surface area contributed by atoms with E-state index >= 15 is 0 Å². The third-order valence-corrected chi connectivity index (χ3v) is 3.88. The molecule has 0 aliphatic carbocycles. The summed E-state index contributed by atoms with van der Waals surface area (Å²) in [6, 6.07) is 3.37. The Hall–Kier alpha value is -2.21.